The molecule has 2 aliphatic rings. The summed E-state index contributed by atoms with van der Waals surface area (Å²) in [6, 6.07) is 1.84. The van der Waals surface area contributed by atoms with Crippen molar-refractivity contribution in [1.29, 1.82) is 0 Å². The minimum atomic E-state index is -3.51. The molecular weight excluding hydrogens is 510 g/mol. The number of carbonyl (C=O) groups is 6. The van der Waals surface area contributed by atoms with Crippen molar-refractivity contribution in [2.45, 2.75) is 50.2 Å². The van der Waals surface area contributed by atoms with E-state index in [2.05, 4.69) is 15.4 Å². The summed E-state index contributed by atoms with van der Waals surface area (Å²) in [5, 5.41) is 15.9. The van der Waals surface area contributed by atoms with E-state index in [1.54, 1.807) is 0 Å². The molecule has 1 aromatic rings. The number of hydrazine groups is 1. The fraction of sp³-hybridized carbons (Fsp3) is 0.455. The van der Waals surface area contributed by atoms with Gasteiger partial charge in [0, 0.05) is 24.2 Å². The summed E-state index contributed by atoms with van der Waals surface area (Å²) < 4.78 is 25.0. The first-order chi connectivity index (χ1) is 17.4. The maximum Gasteiger partial charge on any atom is 0.305 e. The predicted octanol–water partition coefficient (Wildman–Crippen LogP) is -1.16. The second-order valence-corrected chi connectivity index (χ2v) is 10.5. The van der Waals surface area contributed by atoms with Crippen LogP contribution in [0.5, 0.6) is 0 Å². The lowest BCUT2D eigenvalue weighted by atomic mass is 10.0. The molecule has 14 nitrogen and oxygen atoms in total. The molecule has 15 heteroatoms. The van der Waals surface area contributed by atoms with Gasteiger partial charge in [-0.15, -0.1) is 0 Å². The Hall–Kier alpha value is -4.01. The summed E-state index contributed by atoms with van der Waals surface area (Å²) >= 11 is 0. The van der Waals surface area contributed by atoms with Crippen LogP contribution in [0.1, 0.15) is 42.5 Å². The lowest BCUT2D eigenvalue weighted by molar-refractivity contribution is -0.176. The molecule has 0 bridgehead atoms. The van der Waals surface area contributed by atoms with E-state index in [0.29, 0.717) is 6.42 Å². The monoisotopic (exact) mass is 537 g/mol. The smallest absolute Gasteiger partial charge is 0.305 e. The number of sulfonamides is 1. The van der Waals surface area contributed by atoms with Crippen molar-refractivity contribution in [3.63, 3.8) is 0 Å². The number of aliphatic carboxylic acids is 1. The summed E-state index contributed by atoms with van der Waals surface area (Å²) in [7, 11) is -3.51. The topological polar surface area (TPSA) is 199 Å². The molecule has 0 saturated carbocycles. The number of carboxylic acid groups (broad SMARTS) is 1. The third-order valence-corrected chi connectivity index (χ3v) is 6.41. The normalized spacial score (nSPS) is 20.8. The third-order valence-electron chi connectivity index (χ3n) is 5.81. The molecule has 0 unspecified atom stereocenters. The molecular formula is C22H27N5O9S. The molecule has 3 atom stereocenters. The van der Waals surface area contributed by atoms with Crippen molar-refractivity contribution in [3.8, 4) is 0 Å². The minimum absolute atomic E-state index is 0.0194. The zero-order chi connectivity index (χ0) is 27.3. The van der Waals surface area contributed by atoms with Gasteiger partial charge in [-0.3, -0.25) is 33.7 Å². The highest BCUT2D eigenvalue weighted by molar-refractivity contribution is 7.92. The number of benzene rings is 1. The predicted molar refractivity (Wildman–Crippen MR) is 127 cm³/mol. The average molecular weight is 538 g/mol. The van der Waals surface area contributed by atoms with Crippen LogP contribution in [0.3, 0.4) is 0 Å². The number of carboxylic acids is 1. The number of aldehydes is 1. The van der Waals surface area contributed by atoms with Crippen LogP contribution in [0.15, 0.2) is 24.3 Å². The maximum atomic E-state index is 13.4. The Morgan fingerprint density at radius 3 is 2.43 bits per heavy atom. The Balaban J connectivity index is 1.77. The van der Waals surface area contributed by atoms with Gasteiger partial charge >= 0.3 is 5.97 Å². The zero-order valence-corrected chi connectivity index (χ0v) is 20.7. The van der Waals surface area contributed by atoms with E-state index in [0.717, 1.165) is 16.3 Å². The molecule has 4 N–H and O–H groups in total. The Labute approximate surface area is 212 Å². The SMILES string of the molecule is CS(=O)(=O)Nc1ccc(C(=O)N[C@H]2CCC(=O)N3CCC[C@@H](C(=O)N[C@H](C=O)CC(=O)O)N3C2=O)cc1. The number of hydrogen-bond acceptors (Lipinski definition) is 8. The van der Waals surface area contributed by atoms with E-state index in [1.807, 2.05) is 0 Å². The highest BCUT2D eigenvalue weighted by atomic mass is 32.2. The maximum absolute atomic E-state index is 13.4. The van der Waals surface area contributed by atoms with Gasteiger partial charge in [0.2, 0.25) is 21.8 Å². The van der Waals surface area contributed by atoms with Gasteiger partial charge in [0.25, 0.3) is 11.8 Å². The largest absolute Gasteiger partial charge is 0.481 e. The van der Waals surface area contributed by atoms with Crippen molar-refractivity contribution in [3.05, 3.63) is 29.8 Å². The molecule has 2 heterocycles. The highest BCUT2D eigenvalue weighted by Gasteiger charge is 2.45. The lowest BCUT2D eigenvalue weighted by Crippen LogP contribution is -2.64. The number of rotatable bonds is 9. The number of nitrogens with one attached hydrogen (secondary N) is 3. The van der Waals surface area contributed by atoms with E-state index < -0.39 is 64.2 Å². The Morgan fingerprint density at radius 2 is 1.84 bits per heavy atom. The summed E-state index contributed by atoms with van der Waals surface area (Å²) in [6.07, 6.45) is 1.08. The molecule has 0 radical (unpaired) electrons. The molecule has 37 heavy (non-hydrogen) atoms. The van der Waals surface area contributed by atoms with Crippen molar-refractivity contribution >= 4 is 51.6 Å². The van der Waals surface area contributed by atoms with Crippen molar-refractivity contribution in [2.75, 3.05) is 17.5 Å². The van der Waals surface area contributed by atoms with Crippen molar-refractivity contribution in [2.24, 2.45) is 0 Å². The first-order valence-corrected chi connectivity index (χ1v) is 13.3. The van der Waals surface area contributed by atoms with Crippen LogP contribution in [0, 0.1) is 0 Å². The van der Waals surface area contributed by atoms with Crippen LogP contribution in [0.4, 0.5) is 5.69 Å². The van der Waals surface area contributed by atoms with Gasteiger partial charge in [-0.25, -0.2) is 13.4 Å². The summed E-state index contributed by atoms with van der Waals surface area (Å²) in [6.45, 7) is 0.177. The lowest BCUT2D eigenvalue weighted by Gasteiger charge is -2.43. The standard InChI is InChI=1S/C22H27N5O9S/c1-37(35,36)25-14-6-4-13(5-7-14)20(32)24-16-8-9-18(29)26-10-2-3-17(27(26)22(16)34)21(33)23-15(12-28)11-19(30)31/h4-7,12,15-17,25H,2-3,8-11H2,1H3,(H,23,33)(H,24,32)(H,30,31)/t15-,16-,17-/m0/s1. The van der Waals surface area contributed by atoms with Crippen molar-refractivity contribution < 1.29 is 42.3 Å². The van der Waals surface area contributed by atoms with Crippen LogP contribution in [-0.2, 0) is 34.0 Å². The molecule has 0 aliphatic carbocycles. The van der Waals surface area contributed by atoms with Gasteiger partial charge in [0.15, 0.2) is 0 Å². The van der Waals surface area contributed by atoms with Crippen LogP contribution in [0.2, 0.25) is 0 Å². The summed E-state index contributed by atoms with van der Waals surface area (Å²) in [5.74, 6) is -3.85. The van der Waals surface area contributed by atoms with Crippen LogP contribution in [-0.4, -0.2) is 90.4 Å². The van der Waals surface area contributed by atoms with E-state index in [9.17, 15) is 37.2 Å². The van der Waals surface area contributed by atoms with E-state index >= 15 is 0 Å². The molecule has 4 amide bonds. The second kappa shape index (κ2) is 11.4. The quantitative estimate of drug-likeness (QED) is 0.281. The fourth-order valence-corrected chi connectivity index (χ4v) is 4.72. The number of hydrogen-bond donors (Lipinski definition) is 4. The van der Waals surface area contributed by atoms with Gasteiger partial charge in [-0.1, -0.05) is 0 Å². The molecule has 0 spiro atoms. The van der Waals surface area contributed by atoms with Gasteiger partial charge < -0.3 is 20.5 Å². The number of amides is 4. The molecule has 3 rings (SSSR count). The first kappa shape index (κ1) is 27.6. The van der Waals surface area contributed by atoms with Crippen LogP contribution < -0.4 is 15.4 Å². The number of carbonyl (C=O) groups excluding carboxylic acids is 5. The van der Waals surface area contributed by atoms with Gasteiger partial charge in [0.1, 0.15) is 18.4 Å². The average Bonchev–Trinajstić information content (AvgIpc) is 2.94. The molecule has 2 aliphatic heterocycles. The summed E-state index contributed by atoms with van der Waals surface area (Å²) in [5.41, 5.74) is 0.374. The van der Waals surface area contributed by atoms with E-state index in [1.165, 1.54) is 24.3 Å². The van der Waals surface area contributed by atoms with Crippen molar-refractivity contribution in [1.82, 2.24) is 20.7 Å². The van der Waals surface area contributed by atoms with Gasteiger partial charge in [0.05, 0.1) is 18.7 Å². The molecule has 2 saturated heterocycles. The Kier molecular flexibility index (Phi) is 8.47. The molecule has 2 fully saturated rings. The molecule has 1 aromatic carbocycles. The Bertz CT molecular complexity index is 1200. The zero-order valence-electron chi connectivity index (χ0n) is 19.9. The minimum Gasteiger partial charge on any atom is -0.481 e. The first-order valence-electron chi connectivity index (χ1n) is 11.4. The molecule has 0 aromatic heterocycles. The molecule has 200 valence electrons. The fourth-order valence-electron chi connectivity index (χ4n) is 4.15. The number of fused-ring (bicyclic) bond motifs is 1. The van der Waals surface area contributed by atoms with Gasteiger partial charge in [-0.2, -0.15) is 0 Å². The van der Waals surface area contributed by atoms with E-state index in [4.69, 9.17) is 5.11 Å². The second-order valence-electron chi connectivity index (χ2n) is 8.72. The number of nitrogens with zero attached hydrogens (tertiary/aromatic N) is 2. The number of anilines is 1. The summed E-state index contributed by atoms with van der Waals surface area (Å²) in [4.78, 5) is 74.1. The highest BCUT2D eigenvalue weighted by Crippen LogP contribution is 2.25. The van der Waals surface area contributed by atoms with E-state index in [-0.39, 0.29) is 43.3 Å². The van der Waals surface area contributed by atoms with Gasteiger partial charge in [-0.05, 0) is 43.5 Å². The Morgan fingerprint density at radius 1 is 1.16 bits per heavy atom. The van der Waals surface area contributed by atoms with Crippen LogP contribution in [0.25, 0.3) is 0 Å². The van der Waals surface area contributed by atoms with Crippen LogP contribution >= 0.6 is 0 Å². The third kappa shape index (κ3) is 7.03.